The molecule has 3 nitrogen and oxygen atoms in total. The third-order valence-electron chi connectivity index (χ3n) is 2.40. The summed E-state index contributed by atoms with van der Waals surface area (Å²) in [6.45, 7) is 0.525. The van der Waals surface area contributed by atoms with Gasteiger partial charge in [-0.05, 0) is 29.8 Å². The third kappa shape index (κ3) is 2.82. The van der Waals surface area contributed by atoms with E-state index in [-0.39, 0.29) is 11.5 Å². The fraction of sp³-hybridized carbons (Fsp3) is 0.0769. The number of aromatic hydroxyl groups is 2. The summed E-state index contributed by atoms with van der Waals surface area (Å²) in [5, 5.41) is 22.3. The second-order valence-corrected chi connectivity index (χ2v) is 4.06. The molecule has 2 aromatic carbocycles. The Kier molecular flexibility index (Phi) is 3.40. The van der Waals surface area contributed by atoms with E-state index in [1.54, 1.807) is 12.1 Å². The predicted molar refractivity (Wildman–Crippen MR) is 68.6 cm³/mol. The second kappa shape index (κ2) is 4.97. The molecule has 0 bridgehead atoms. The summed E-state index contributed by atoms with van der Waals surface area (Å²) >= 11 is 6.00. The maximum atomic E-state index is 9.35. The minimum absolute atomic E-state index is 0.119. The molecular weight excluding hydrogens is 238 g/mol. The highest BCUT2D eigenvalue weighted by Gasteiger charge is 2.02. The first-order chi connectivity index (χ1) is 8.16. The van der Waals surface area contributed by atoms with Gasteiger partial charge in [0.2, 0.25) is 0 Å². The van der Waals surface area contributed by atoms with Crippen molar-refractivity contribution in [2.24, 2.45) is 0 Å². The fourth-order valence-electron chi connectivity index (χ4n) is 1.48. The molecule has 0 spiro atoms. The first-order valence-electron chi connectivity index (χ1n) is 5.16. The van der Waals surface area contributed by atoms with Crippen LogP contribution in [0.15, 0.2) is 42.5 Å². The SMILES string of the molecule is Oc1ccc(CNc2ccccc2Cl)cc1O. The molecule has 0 unspecified atom stereocenters. The lowest BCUT2D eigenvalue weighted by molar-refractivity contribution is 0.403. The number of hydrogen-bond donors (Lipinski definition) is 3. The number of rotatable bonds is 3. The van der Waals surface area contributed by atoms with Gasteiger partial charge < -0.3 is 15.5 Å². The summed E-state index contributed by atoms with van der Waals surface area (Å²) in [6.07, 6.45) is 0. The largest absolute Gasteiger partial charge is 0.504 e. The molecule has 4 heteroatoms. The van der Waals surface area contributed by atoms with Gasteiger partial charge in [0, 0.05) is 6.54 Å². The van der Waals surface area contributed by atoms with Crippen LogP contribution in [-0.2, 0) is 6.54 Å². The summed E-state index contributed by atoms with van der Waals surface area (Å²) in [4.78, 5) is 0. The molecule has 0 aliphatic carbocycles. The monoisotopic (exact) mass is 249 g/mol. The Morgan fingerprint density at radius 2 is 1.76 bits per heavy atom. The van der Waals surface area contributed by atoms with E-state index in [1.165, 1.54) is 12.1 Å². The van der Waals surface area contributed by atoms with Crippen molar-refractivity contribution in [2.75, 3.05) is 5.32 Å². The molecule has 0 saturated heterocycles. The molecule has 0 radical (unpaired) electrons. The van der Waals surface area contributed by atoms with Crippen LogP contribution in [0.5, 0.6) is 11.5 Å². The summed E-state index contributed by atoms with van der Waals surface area (Å²) in [5.74, 6) is -0.241. The van der Waals surface area contributed by atoms with Crippen molar-refractivity contribution in [1.82, 2.24) is 0 Å². The van der Waals surface area contributed by atoms with Crippen LogP contribution in [-0.4, -0.2) is 10.2 Å². The van der Waals surface area contributed by atoms with Crippen molar-refractivity contribution >= 4 is 17.3 Å². The molecule has 0 amide bonds. The maximum Gasteiger partial charge on any atom is 0.157 e. The molecule has 2 rings (SSSR count). The number of halogens is 1. The number of para-hydroxylation sites is 1. The van der Waals surface area contributed by atoms with Crippen LogP contribution in [0.4, 0.5) is 5.69 Å². The zero-order valence-electron chi connectivity index (χ0n) is 9.02. The highest BCUT2D eigenvalue weighted by Crippen LogP contribution is 2.26. The first-order valence-corrected chi connectivity index (χ1v) is 5.54. The van der Waals surface area contributed by atoms with Gasteiger partial charge in [-0.15, -0.1) is 0 Å². The van der Waals surface area contributed by atoms with Crippen molar-refractivity contribution in [3.63, 3.8) is 0 Å². The van der Waals surface area contributed by atoms with Crippen molar-refractivity contribution < 1.29 is 10.2 Å². The standard InChI is InChI=1S/C13H12ClNO2/c14-10-3-1-2-4-11(10)15-8-9-5-6-12(16)13(17)7-9/h1-7,15-17H,8H2. The fourth-order valence-corrected chi connectivity index (χ4v) is 1.68. The average Bonchev–Trinajstić information content (AvgIpc) is 2.32. The average molecular weight is 250 g/mol. The van der Waals surface area contributed by atoms with Crippen molar-refractivity contribution in [1.29, 1.82) is 0 Å². The Morgan fingerprint density at radius 1 is 1.00 bits per heavy atom. The summed E-state index contributed by atoms with van der Waals surface area (Å²) in [7, 11) is 0. The lowest BCUT2D eigenvalue weighted by atomic mass is 10.2. The molecular formula is C13H12ClNO2. The van der Waals surface area contributed by atoms with Gasteiger partial charge in [0.1, 0.15) is 0 Å². The van der Waals surface area contributed by atoms with Gasteiger partial charge in [0.15, 0.2) is 11.5 Å². The Morgan fingerprint density at radius 3 is 2.47 bits per heavy atom. The van der Waals surface area contributed by atoms with E-state index in [1.807, 2.05) is 18.2 Å². The number of hydrogen-bond acceptors (Lipinski definition) is 3. The number of benzene rings is 2. The molecule has 0 saturated carbocycles. The lowest BCUT2D eigenvalue weighted by Crippen LogP contribution is -1.99. The summed E-state index contributed by atoms with van der Waals surface area (Å²) in [6, 6.07) is 12.1. The van der Waals surface area contributed by atoms with E-state index in [9.17, 15) is 10.2 Å². The number of anilines is 1. The van der Waals surface area contributed by atoms with Crippen molar-refractivity contribution in [2.45, 2.75) is 6.54 Å². The van der Waals surface area contributed by atoms with Crippen LogP contribution in [0.25, 0.3) is 0 Å². The van der Waals surface area contributed by atoms with E-state index in [2.05, 4.69) is 5.32 Å². The van der Waals surface area contributed by atoms with E-state index in [0.29, 0.717) is 11.6 Å². The van der Waals surface area contributed by atoms with Gasteiger partial charge in [-0.3, -0.25) is 0 Å². The molecule has 0 aromatic heterocycles. The molecule has 0 fully saturated rings. The van der Waals surface area contributed by atoms with Crippen LogP contribution in [0.2, 0.25) is 5.02 Å². The Balaban J connectivity index is 2.08. The molecule has 2 aromatic rings. The van der Waals surface area contributed by atoms with Crippen LogP contribution in [0.1, 0.15) is 5.56 Å². The first kappa shape index (κ1) is 11.6. The van der Waals surface area contributed by atoms with Crippen LogP contribution in [0, 0.1) is 0 Å². The van der Waals surface area contributed by atoms with Gasteiger partial charge in [-0.25, -0.2) is 0 Å². The Hall–Kier alpha value is -1.87. The number of phenols is 2. The highest BCUT2D eigenvalue weighted by atomic mass is 35.5. The molecule has 0 heterocycles. The second-order valence-electron chi connectivity index (χ2n) is 3.66. The van der Waals surface area contributed by atoms with E-state index >= 15 is 0 Å². The molecule has 0 aliphatic heterocycles. The molecule has 0 atom stereocenters. The van der Waals surface area contributed by atoms with E-state index in [4.69, 9.17) is 11.6 Å². The van der Waals surface area contributed by atoms with Gasteiger partial charge in [0.05, 0.1) is 10.7 Å². The maximum absolute atomic E-state index is 9.35. The molecule has 3 N–H and O–H groups in total. The molecule has 17 heavy (non-hydrogen) atoms. The van der Waals surface area contributed by atoms with Gasteiger partial charge in [0.25, 0.3) is 0 Å². The quantitative estimate of drug-likeness (QED) is 0.731. The number of phenolic OH excluding ortho intramolecular Hbond substituents is 2. The third-order valence-corrected chi connectivity index (χ3v) is 2.73. The van der Waals surface area contributed by atoms with E-state index < -0.39 is 0 Å². The smallest absolute Gasteiger partial charge is 0.157 e. The van der Waals surface area contributed by atoms with E-state index in [0.717, 1.165) is 11.3 Å². The van der Waals surface area contributed by atoms with Crippen molar-refractivity contribution in [3.05, 3.63) is 53.1 Å². The van der Waals surface area contributed by atoms with Crippen LogP contribution >= 0.6 is 11.6 Å². The topological polar surface area (TPSA) is 52.5 Å². The van der Waals surface area contributed by atoms with Gasteiger partial charge in [-0.1, -0.05) is 29.8 Å². The lowest BCUT2D eigenvalue weighted by Gasteiger charge is -2.08. The normalized spacial score (nSPS) is 10.2. The summed E-state index contributed by atoms with van der Waals surface area (Å²) < 4.78 is 0. The van der Waals surface area contributed by atoms with Crippen molar-refractivity contribution in [3.8, 4) is 11.5 Å². The minimum atomic E-state index is -0.122. The molecule has 0 aliphatic rings. The minimum Gasteiger partial charge on any atom is -0.504 e. The predicted octanol–water partition coefficient (Wildman–Crippen LogP) is 3.36. The van der Waals surface area contributed by atoms with Crippen LogP contribution in [0.3, 0.4) is 0 Å². The highest BCUT2D eigenvalue weighted by molar-refractivity contribution is 6.33. The van der Waals surface area contributed by atoms with Crippen LogP contribution < -0.4 is 5.32 Å². The zero-order chi connectivity index (χ0) is 12.3. The molecule has 88 valence electrons. The van der Waals surface area contributed by atoms with Gasteiger partial charge in [-0.2, -0.15) is 0 Å². The van der Waals surface area contributed by atoms with Gasteiger partial charge >= 0.3 is 0 Å². The Labute approximate surface area is 104 Å². The number of nitrogens with one attached hydrogen (secondary N) is 1. The summed E-state index contributed by atoms with van der Waals surface area (Å²) in [5.41, 5.74) is 1.70. The zero-order valence-corrected chi connectivity index (χ0v) is 9.78. The Bertz CT molecular complexity index is 529.